The lowest BCUT2D eigenvalue weighted by Crippen LogP contribution is -2.53. The monoisotopic (exact) mass is 266 g/mol. The van der Waals surface area contributed by atoms with Crippen molar-refractivity contribution >= 4 is 5.91 Å². The maximum Gasteiger partial charge on any atom is 0.239 e. The Morgan fingerprint density at radius 1 is 1.26 bits per heavy atom. The molecule has 2 atom stereocenters. The Morgan fingerprint density at radius 2 is 1.89 bits per heavy atom. The highest BCUT2D eigenvalue weighted by atomic mass is 16.2. The molecule has 0 saturated carbocycles. The van der Waals surface area contributed by atoms with Gasteiger partial charge in [-0.05, 0) is 43.6 Å². The van der Waals surface area contributed by atoms with E-state index in [-0.39, 0.29) is 6.04 Å². The van der Waals surface area contributed by atoms with Gasteiger partial charge in [0.25, 0.3) is 0 Å². The predicted octanol–water partition coefficient (Wildman–Crippen LogP) is 2.80. The predicted molar refractivity (Wildman–Crippen MR) is 79.0 cm³/mol. The third kappa shape index (κ3) is 3.31. The molecular formula is C16H30N2O. The molecule has 0 aromatic rings. The van der Waals surface area contributed by atoms with E-state index in [0.717, 1.165) is 26.1 Å². The number of carbonyl (C=O) groups excluding carboxylic acids is 1. The minimum Gasteiger partial charge on any atom is -0.341 e. The van der Waals surface area contributed by atoms with Crippen molar-refractivity contribution in [3.63, 3.8) is 0 Å². The first-order valence-corrected chi connectivity index (χ1v) is 8.12. The third-order valence-electron chi connectivity index (χ3n) is 5.60. The van der Waals surface area contributed by atoms with Crippen LogP contribution in [0.2, 0.25) is 0 Å². The van der Waals surface area contributed by atoms with Gasteiger partial charge in [-0.25, -0.2) is 0 Å². The van der Waals surface area contributed by atoms with E-state index in [0.29, 0.717) is 17.2 Å². The Kier molecular flexibility index (Phi) is 4.88. The largest absolute Gasteiger partial charge is 0.341 e. The fourth-order valence-electron chi connectivity index (χ4n) is 3.67. The fraction of sp³-hybridized carbons (Fsp3) is 0.938. The molecule has 2 rings (SSSR count). The van der Waals surface area contributed by atoms with E-state index in [1.54, 1.807) is 0 Å². The van der Waals surface area contributed by atoms with Gasteiger partial charge in [0, 0.05) is 13.1 Å². The summed E-state index contributed by atoms with van der Waals surface area (Å²) in [5.41, 5.74) is 0.504. The first-order chi connectivity index (χ1) is 9.10. The molecule has 2 unspecified atom stereocenters. The topological polar surface area (TPSA) is 32.3 Å². The van der Waals surface area contributed by atoms with Crippen LogP contribution in [-0.4, -0.2) is 36.5 Å². The van der Waals surface area contributed by atoms with Gasteiger partial charge in [-0.1, -0.05) is 33.6 Å². The minimum absolute atomic E-state index is 0.0829. The zero-order valence-electron chi connectivity index (χ0n) is 12.9. The Labute approximate surface area is 118 Å². The highest BCUT2D eigenvalue weighted by Gasteiger charge is 2.35. The third-order valence-corrected chi connectivity index (χ3v) is 5.60. The first kappa shape index (κ1) is 14.8. The maximum absolute atomic E-state index is 12.5. The van der Waals surface area contributed by atoms with Crippen molar-refractivity contribution in [3.05, 3.63) is 0 Å². The molecule has 0 aliphatic carbocycles. The molecular weight excluding hydrogens is 236 g/mol. The maximum atomic E-state index is 12.5. The molecule has 0 radical (unpaired) electrons. The SMILES string of the molecule is CCC1(CC)CCN(C(=O)C2CC(C)CCN2)CC1. The van der Waals surface area contributed by atoms with Crippen LogP contribution in [-0.2, 0) is 4.79 Å². The Bertz CT molecular complexity index is 302. The summed E-state index contributed by atoms with van der Waals surface area (Å²) in [6, 6.07) is 0.0829. The highest BCUT2D eigenvalue weighted by Crippen LogP contribution is 2.38. The molecule has 2 heterocycles. The average molecular weight is 266 g/mol. The Morgan fingerprint density at radius 3 is 2.42 bits per heavy atom. The molecule has 0 aromatic carbocycles. The van der Waals surface area contributed by atoms with Crippen LogP contribution < -0.4 is 5.32 Å². The molecule has 19 heavy (non-hydrogen) atoms. The summed E-state index contributed by atoms with van der Waals surface area (Å²) in [7, 11) is 0. The molecule has 0 spiro atoms. The lowest BCUT2D eigenvalue weighted by atomic mass is 9.74. The van der Waals surface area contributed by atoms with E-state index in [1.165, 1.54) is 32.1 Å². The van der Waals surface area contributed by atoms with Crippen molar-refractivity contribution < 1.29 is 4.79 Å². The van der Waals surface area contributed by atoms with Crippen LogP contribution in [0.5, 0.6) is 0 Å². The summed E-state index contributed by atoms with van der Waals surface area (Å²) in [4.78, 5) is 14.7. The fourth-order valence-corrected chi connectivity index (χ4v) is 3.67. The summed E-state index contributed by atoms with van der Waals surface area (Å²) < 4.78 is 0. The Hall–Kier alpha value is -0.570. The van der Waals surface area contributed by atoms with Gasteiger partial charge in [0.1, 0.15) is 0 Å². The van der Waals surface area contributed by atoms with Gasteiger partial charge in [-0.15, -0.1) is 0 Å². The number of nitrogens with zero attached hydrogens (tertiary/aromatic N) is 1. The Balaban J connectivity index is 1.88. The molecule has 0 bridgehead atoms. The van der Waals surface area contributed by atoms with Crippen LogP contribution in [0.1, 0.15) is 59.3 Å². The second-order valence-electron chi connectivity index (χ2n) is 6.67. The smallest absolute Gasteiger partial charge is 0.239 e. The molecule has 3 heteroatoms. The normalized spacial score (nSPS) is 31.2. The number of likely N-dealkylation sites (tertiary alicyclic amines) is 1. The molecule has 2 aliphatic heterocycles. The quantitative estimate of drug-likeness (QED) is 0.852. The molecule has 1 amide bonds. The van der Waals surface area contributed by atoms with Crippen molar-refractivity contribution in [2.24, 2.45) is 11.3 Å². The second kappa shape index (κ2) is 6.25. The van der Waals surface area contributed by atoms with Crippen molar-refractivity contribution in [3.8, 4) is 0 Å². The van der Waals surface area contributed by atoms with Crippen LogP contribution in [0.25, 0.3) is 0 Å². The van der Waals surface area contributed by atoms with E-state index < -0.39 is 0 Å². The molecule has 0 aromatic heterocycles. The molecule has 3 nitrogen and oxygen atoms in total. The molecule has 2 fully saturated rings. The van der Waals surface area contributed by atoms with Crippen LogP contribution >= 0.6 is 0 Å². The lowest BCUT2D eigenvalue weighted by Gasteiger charge is -2.42. The second-order valence-corrected chi connectivity index (χ2v) is 6.67. The van der Waals surface area contributed by atoms with E-state index in [1.807, 2.05) is 0 Å². The number of amides is 1. The van der Waals surface area contributed by atoms with Crippen LogP contribution in [0.4, 0.5) is 0 Å². The minimum atomic E-state index is 0.0829. The summed E-state index contributed by atoms with van der Waals surface area (Å²) in [5, 5.41) is 3.40. The van der Waals surface area contributed by atoms with Crippen molar-refractivity contribution in [2.75, 3.05) is 19.6 Å². The van der Waals surface area contributed by atoms with E-state index >= 15 is 0 Å². The number of hydrogen-bond acceptors (Lipinski definition) is 2. The number of hydrogen-bond donors (Lipinski definition) is 1. The number of nitrogens with one attached hydrogen (secondary N) is 1. The summed E-state index contributed by atoms with van der Waals surface area (Å²) in [5.74, 6) is 1.04. The van der Waals surface area contributed by atoms with Crippen LogP contribution in [0, 0.1) is 11.3 Å². The lowest BCUT2D eigenvalue weighted by molar-refractivity contribution is -0.136. The average Bonchev–Trinajstić information content (AvgIpc) is 2.46. The van der Waals surface area contributed by atoms with Crippen molar-refractivity contribution in [1.82, 2.24) is 10.2 Å². The van der Waals surface area contributed by atoms with Gasteiger partial charge in [0.15, 0.2) is 0 Å². The number of piperidine rings is 2. The van der Waals surface area contributed by atoms with E-state index in [2.05, 4.69) is 31.0 Å². The van der Waals surface area contributed by atoms with Crippen LogP contribution in [0.3, 0.4) is 0 Å². The molecule has 2 aliphatic rings. The summed E-state index contributed by atoms with van der Waals surface area (Å²) in [6.07, 6.45) is 7.11. The van der Waals surface area contributed by atoms with Gasteiger partial charge in [0.2, 0.25) is 5.91 Å². The van der Waals surface area contributed by atoms with Gasteiger partial charge in [-0.3, -0.25) is 4.79 Å². The van der Waals surface area contributed by atoms with Gasteiger partial charge < -0.3 is 10.2 Å². The van der Waals surface area contributed by atoms with Gasteiger partial charge in [0.05, 0.1) is 6.04 Å². The van der Waals surface area contributed by atoms with Crippen molar-refractivity contribution in [1.29, 1.82) is 0 Å². The molecule has 1 N–H and O–H groups in total. The molecule has 2 saturated heterocycles. The summed E-state index contributed by atoms with van der Waals surface area (Å²) in [6.45, 7) is 9.78. The standard InChI is InChI=1S/C16H30N2O/c1-4-16(5-2)7-10-18(11-8-16)15(19)14-12-13(3)6-9-17-14/h13-14,17H,4-12H2,1-3H3. The number of carbonyl (C=O) groups is 1. The zero-order chi connectivity index (χ0) is 13.9. The van der Waals surface area contributed by atoms with E-state index in [4.69, 9.17) is 0 Å². The summed E-state index contributed by atoms with van der Waals surface area (Å²) >= 11 is 0. The van der Waals surface area contributed by atoms with E-state index in [9.17, 15) is 4.79 Å². The zero-order valence-corrected chi connectivity index (χ0v) is 12.9. The van der Waals surface area contributed by atoms with Gasteiger partial charge >= 0.3 is 0 Å². The highest BCUT2D eigenvalue weighted by molar-refractivity contribution is 5.82. The van der Waals surface area contributed by atoms with Crippen LogP contribution in [0.15, 0.2) is 0 Å². The van der Waals surface area contributed by atoms with Crippen molar-refractivity contribution in [2.45, 2.75) is 65.3 Å². The van der Waals surface area contributed by atoms with Gasteiger partial charge in [-0.2, -0.15) is 0 Å². The first-order valence-electron chi connectivity index (χ1n) is 8.12. The number of rotatable bonds is 3. The molecule has 110 valence electrons.